The molecule has 0 bridgehead atoms. The van der Waals surface area contributed by atoms with Crippen molar-refractivity contribution in [3.8, 4) is 5.75 Å². The van der Waals surface area contributed by atoms with Crippen molar-refractivity contribution in [1.82, 2.24) is 10.2 Å². The molecule has 0 aromatic heterocycles. The number of rotatable bonds is 4. The van der Waals surface area contributed by atoms with Gasteiger partial charge >= 0.3 is 11.9 Å². The summed E-state index contributed by atoms with van der Waals surface area (Å²) < 4.78 is 7.02. The van der Waals surface area contributed by atoms with Gasteiger partial charge in [-0.05, 0) is 47.2 Å². The van der Waals surface area contributed by atoms with E-state index in [1.807, 2.05) is 0 Å². The van der Waals surface area contributed by atoms with Gasteiger partial charge in [0.2, 0.25) is 0 Å². The first-order chi connectivity index (χ1) is 10.9. The van der Waals surface area contributed by atoms with Gasteiger partial charge in [-0.3, -0.25) is 4.90 Å². The molecule has 1 fully saturated rings. The van der Waals surface area contributed by atoms with Crippen molar-refractivity contribution in [2.24, 2.45) is 0 Å². The summed E-state index contributed by atoms with van der Waals surface area (Å²) in [6.07, 6.45) is 0. The number of benzene rings is 1. The maximum Gasteiger partial charge on any atom is 0.414 e. The molecule has 0 unspecified atom stereocenters. The van der Waals surface area contributed by atoms with E-state index in [0.29, 0.717) is 0 Å². The summed E-state index contributed by atoms with van der Waals surface area (Å²) in [6.45, 7) is 8.37. The average Bonchev–Trinajstić information content (AvgIpc) is 2.51. The second-order valence-corrected chi connectivity index (χ2v) is 6.15. The number of ether oxygens (including phenoxy) is 1. The number of aliphatic carboxylic acids is 2. The summed E-state index contributed by atoms with van der Waals surface area (Å²) in [6, 6.07) is 6.32. The van der Waals surface area contributed by atoms with E-state index in [0.717, 1.165) is 45.1 Å². The number of carboxylic acid groups (broad SMARTS) is 2. The number of nitrogens with one attached hydrogen (secondary N) is 1. The minimum Gasteiger partial charge on any atom is -0.491 e. The van der Waals surface area contributed by atoms with Gasteiger partial charge in [0.1, 0.15) is 12.4 Å². The second-order valence-electron chi connectivity index (χ2n) is 4.98. The van der Waals surface area contributed by atoms with Gasteiger partial charge in [-0.15, -0.1) is 0 Å². The van der Waals surface area contributed by atoms with Crippen molar-refractivity contribution in [3.63, 3.8) is 0 Å². The smallest absolute Gasteiger partial charge is 0.414 e. The Morgan fingerprint density at radius 1 is 1.26 bits per heavy atom. The Morgan fingerprint density at radius 3 is 2.39 bits per heavy atom. The number of nitrogens with zero attached hydrogens (tertiary/aromatic N) is 1. The monoisotopic (exact) mass is 436 g/mol. The summed E-state index contributed by atoms with van der Waals surface area (Å²) >= 11 is 2.33. The van der Waals surface area contributed by atoms with Gasteiger partial charge in [0, 0.05) is 32.7 Å². The van der Waals surface area contributed by atoms with E-state index >= 15 is 0 Å². The van der Waals surface area contributed by atoms with Crippen LogP contribution >= 0.6 is 22.6 Å². The largest absolute Gasteiger partial charge is 0.491 e. The van der Waals surface area contributed by atoms with E-state index in [9.17, 15) is 0 Å². The lowest BCUT2D eigenvalue weighted by Crippen LogP contribution is -2.44. The highest BCUT2D eigenvalue weighted by Crippen LogP contribution is 2.21. The summed E-state index contributed by atoms with van der Waals surface area (Å²) in [7, 11) is 0. The number of hydrogen-bond donors (Lipinski definition) is 3. The first kappa shape index (κ1) is 19.7. The number of hydrogen-bond acceptors (Lipinski definition) is 5. The maximum atomic E-state index is 9.10. The first-order valence-electron chi connectivity index (χ1n) is 7.18. The lowest BCUT2D eigenvalue weighted by atomic mass is 10.2. The van der Waals surface area contributed by atoms with Crippen LogP contribution in [-0.4, -0.2) is 66.4 Å². The van der Waals surface area contributed by atoms with Gasteiger partial charge in [0.15, 0.2) is 0 Å². The molecule has 8 heteroatoms. The van der Waals surface area contributed by atoms with Crippen LogP contribution in [0.2, 0.25) is 0 Å². The molecule has 23 heavy (non-hydrogen) atoms. The maximum absolute atomic E-state index is 9.10. The molecule has 0 aliphatic carbocycles. The summed E-state index contributed by atoms with van der Waals surface area (Å²) in [5, 5.41) is 18.1. The quantitative estimate of drug-likeness (QED) is 0.479. The molecule has 1 aliphatic rings. The topological polar surface area (TPSA) is 99.1 Å². The van der Waals surface area contributed by atoms with Crippen molar-refractivity contribution in [3.05, 3.63) is 27.3 Å². The summed E-state index contributed by atoms with van der Waals surface area (Å²) in [5.41, 5.74) is 1.28. The fraction of sp³-hybridized carbons (Fsp3) is 0.467. The fourth-order valence-corrected chi connectivity index (χ4v) is 2.77. The molecule has 1 aliphatic heterocycles. The number of carboxylic acids is 2. The molecule has 0 saturated carbocycles. The second kappa shape index (κ2) is 10.4. The molecule has 7 nitrogen and oxygen atoms in total. The number of halogens is 1. The third-order valence-electron chi connectivity index (χ3n) is 3.15. The highest BCUT2D eigenvalue weighted by atomic mass is 127. The predicted octanol–water partition coefficient (Wildman–Crippen LogP) is 1.04. The fourth-order valence-electron chi connectivity index (χ4n) is 1.94. The van der Waals surface area contributed by atoms with Crippen molar-refractivity contribution in [2.45, 2.75) is 6.92 Å². The Labute approximate surface area is 148 Å². The van der Waals surface area contributed by atoms with Gasteiger partial charge in [-0.1, -0.05) is 6.07 Å². The molecule has 0 spiro atoms. The molecule has 3 N–H and O–H groups in total. The zero-order valence-electron chi connectivity index (χ0n) is 12.9. The summed E-state index contributed by atoms with van der Waals surface area (Å²) in [4.78, 5) is 20.6. The third-order valence-corrected chi connectivity index (χ3v) is 3.99. The number of aryl methyl sites for hydroxylation is 1. The first-order valence-corrected chi connectivity index (χ1v) is 8.26. The van der Waals surface area contributed by atoms with Crippen molar-refractivity contribution in [2.75, 3.05) is 39.3 Å². The normalized spacial score (nSPS) is 14.5. The SMILES string of the molecule is Cc1ccc(OCCN2CCNCC2)c(I)c1.O=C(O)C(=O)O. The van der Waals surface area contributed by atoms with Crippen molar-refractivity contribution >= 4 is 34.5 Å². The van der Waals surface area contributed by atoms with Crippen LogP contribution < -0.4 is 10.1 Å². The Morgan fingerprint density at radius 2 is 1.87 bits per heavy atom. The summed E-state index contributed by atoms with van der Waals surface area (Å²) in [5.74, 6) is -2.64. The van der Waals surface area contributed by atoms with Gasteiger partial charge in [0.05, 0.1) is 3.57 Å². The Bertz CT molecular complexity index is 521. The zero-order valence-corrected chi connectivity index (χ0v) is 15.1. The van der Waals surface area contributed by atoms with Crippen molar-refractivity contribution < 1.29 is 24.5 Å². The van der Waals surface area contributed by atoms with Gasteiger partial charge in [-0.2, -0.15) is 0 Å². The van der Waals surface area contributed by atoms with E-state index < -0.39 is 11.9 Å². The molecule has 2 rings (SSSR count). The van der Waals surface area contributed by atoms with Crippen LogP contribution in [0.4, 0.5) is 0 Å². The molecule has 1 aromatic rings. The zero-order chi connectivity index (χ0) is 17.2. The van der Waals surface area contributed by atoms with Crippen molar-refractivity contribution in [1.29, 1.82) is 0 Å². The average molecular weight is 436 g/mol. The van der Waals surface area contributed by atoms with Crippen LogP contribution in [0.5, 0.6) is 5.75 Å². The Balaban J connectivity index is 0.000000379. The van der Waals surface area contributed by atoms with Crippen LogP contribution in [0.1, 0.15) is 5.56 Å². The molecule has 128 valence electrons. The van der Waals surface area contributed by atoms with Crippen LogP contribution in [0.3, 0.4) is 0 Å². The third kappa shape index (κ3) is 8.14. The van der Waals surface area contributed by atoms with Gasteiger partial charge < -0.3 is 20.3 Å². The van der Waals surface area contributed by atoms with E-state index in [4.69, 9.17) is 24.5 Å². The van der Waals surface area contributed by atoms with E-state index in [-0.39, 0.29) is 0 Å². The molecule has 1 heterocycles. The molecular weight excluding hydrogens is 415 g/mol. The van der Waals surface area contributed by atoms with Crippen LogP contribution in [-0.2, 0) is 9.59 Å². The van der Waals surface area contributed by atoms with E-state index in [1.165, 1.54) is 9.13 Å². The molecular formula is C15H21IN2O5. The molecule has 1 saturated heterocycles. The minimum absolute atomic E-state index is 0.777. The van der Waals surface area contributed by atoms with E-state index in [2.05, 4.69) is 57.9 Å². The minimum atomic E-state index is -1.82. The van der Waals surface area contributed by atoms with E-state index in [1.54, 1.807) is 0 Å². The molecule has 0 radical (unpaired) electrons. The molecule has 1 aromatic carbocycles. The standard InChI is InChI=1S/C13H19IN2O.C2H2O4/c1-11-2-3-13(12(14)10-11)17-9-8-16-6-4-15-5-7-16;3-1(4)2(5)6/h2-3,10,15H,4-9H2,1H3;(H,3,4)(H,5,6). The van der Waals surface area contributed by atoms with Gasteiger partial charge in [0.25, 0.3) is 0 Å². The Hall–Kier alpha value is -1.39. The molecule has 0 amide bonds. The van der Waals surface area contributed by atoms with Crippen LogP contribution in [0.15, 0.2) is 18.2 Å². The lowest BCUT2D eigenvalue weighted by Gasteiger charge is -2.27. The highest BCUT2D eigenvalue weighted by Gasteiger charge is 2.09. The predicted molar refractivity (Wildman–Crippen MR) is 94.0 cm³/mol. The number of carbonyl (C=O) groups is 2. The Kier molecular flexibility index (Phi) is 8.89. The van der Waals surface area contributed by atoms with Crippen LogP contribution in [0, 0.1) is 10.5 Å². The lowest BCUT2D eigenvalue weighted by molar-refractivity contribution is -0.159. The number of piperazine rings is 1. The highest BCUT2D eigenvalue weighted by molar-refractivity contribution is 14.1. The van der Waals surface area contributed by atoms with Gasteiger partial charge in [-0.25, -0.2) is 9.59 Å². The molecule has 0 atom stereocenters. The van der Waals surface area contributed by atoms with Crippen LogP contribution in [0.25, 0.3) is 0 Å².